The average molecular weight is 427 g/mol. The number of aldehydes is 2. The summed E-state index contributed by atoms with van der Waals surface area (Å²) in [6.07, 6.45) is 1.81. The zero-order chi connectivity index (χ0) is 20.8. The summed E-state index contributed by atoms with van der Waals surface area (Å²) in [5.74, 6) is 0. The first kappa shape index (κ1) is 18.9. The molecule has 0 saturated carbocycles. The largest absolute Gasteiger partial charge is 0.297 e. The molecule has 4 heteroatoms. The van der Waals surface area contributed by atoms with Gasteiger partial charge in [-0.15, -0.1) is 22.7 Å². The Bertz CT molecular complexity index is 1250. The van der Waals surface area contributed by atoms with Crippen molar-refractivity contribution in [1.82, 2.24) is 0 Å². The topological polar surface area (TPSA) is 34.1 Å². The number of thiophene rings is 2. The molecule has 2 nitrogen and oxygen atoms in total. The van der Waals surface area contributed by atoms with Crippen molar-refractivity contribution in [3.05, 3.63) is 87.1 Å². The van der Waals surface area contributed by atoms with Gasteiger partial charge < -0.3 is 0 Å². The second kappa shape index (κ2) is 7.31. The molecule has 0 radical (unpaired) electrons. The lowest BCUT2D eigenvalue weighted by Crippen LogP contribution is -1.86. The minimum Gasteiger partial charge on any atom is -0.297 e. The molecular formula is C26H18O2S2. The van der Waals surface area contributed by atoms with Gasteiger partial charge in [0.15, 0.2) is 12.6 Å². The quantitative estimate of drug-likeness (QED) is 0.277. The van der Waals surface area contributed by atoms with Crippen LogP contribution in [0.4, 0.5) is 0 Å². The Morgan fingerprint density at radius 1 is 0.633 bits per heavy atom. The molecule has 2 heterocycles. The van der Waals surface area contributed by atoms with Gasteiger partial charge in [-0.1, -0.05) is 29.8 Å². The molecule has 1 aliphatic rings. The van der Waals surface area contributed by atoms with Gasteiger partial charge in [-0.3, -0.25) is 9.59 Å². The Kier molecular flexibility index (Phi) is 4.61. The van der Waals surface area contributed by atoms with Crippen LogP contribution in [0, 0.1) is 0 Å². The standard InChI is InChI=1S/C26H18O2S2/c1-15(2)26-22-11-16(24-9-5-18(13-27)29-24)3-7-20(22)21-8-4-17(12-23(21)26)25-10-6-19(14-28)30-25/h3-14H,1-2H3. The maximum atomic E-state index is 11.1. The highest BCUT2D eigenvalue weighted by molar-refractivity contribution is 7.17. The van der Waals surface area contributed by atoms with Crippen LogP contribution in [0.3, 0.4) is 0 Å². The van der Waals surface area contributed by atoms with Crippen molar-refractivity contribution in [2.45, 2.75) is 13.8 Å². The van der Waals surface area contributed by atoms with E-state index in [-0.39, 0.29) is 0 Å². The first-order valence-corrected chi connectivity index (χ1v) is 11.3. The van der Waals surface area contributed by atoms with Crippen molar-refractivity contribution < 1.29 is 9.59 Å². The lowest BCUT2D eigenvalue weighted by Gasteiger charge is -2.08. The van der Waals surface area contributed by atoms with Crippen LogP contribution in [0.15, 0.2) is 66.2 Å². The maximum absolute atomic E-state index is 11.1. The van der Waals surface area contributed by atoms with Crippen LogP contribution >= 0.6 is 22.7 Å². The average Bonchev–Trinajstić information content (AvgIpc) is 3.49. The van der Waals surface area contributed by atoms with E-state index in [0.717, 1.165) is 43.2 Å². The number of allylic oxidation sites excluding steroid dienone is 1. The van der Waals surface area contributed by atoms with Gasteiger partial charge in [-0.25, -0.2) is 0 Å². The van der Waals surface area contributed by atoms with Gasteiger partial charge in [0, 0.05) is 9.75 Å². The molecule has 0 bridgehead atoms. The van der Waals surface area contributed by atoms with Crippen LogP contribution in [-0.4, -0.2) is 12.6 Å². The predicted octanol–water partition coefficient (Wildman–Crippen LogP) is 7.59. The number of carbonyl (C=O) groups is 2. The first-order chi connectivity index (χ1) is 14.6. The van der Waals surface area contributed by atoms with Crippen molar-refractivity contribution in [3.63, 3.8) is 0 Å². The Morgan fingerprint density at radius 2 is 1.10 bits per heavy atom. The number of hydrogen-bond donors (Lipinski definition) is 0. The molecule has 5 rings (SSSR count). The predicted molar refractivity (Wildman–Crippen MR) is 127 cm³/mol. The summed E-state index contributed by atoms with van der Waals surface area (Å²) < 4.78 is 0. The molecular weight excluding hydrogens is 408 g/mol. The van der Waals surface area contributed by atoms with Gasteiger partial charge in [0.1, 0.15) is 0 Å². The highest BCUT2D eigenvalue weighted by atomic mass is 32.1. The minimum absolute atomic E-state index is 0.742. The number of fused-ring (bicyclic) bond motifs is 3. The number of rotatable bonds is 4. The van der Waals surface area contributed by atoms with Crippen LogP contribution in [-0.2, 0) is 0 Å². The fourth-order valence-corrected chi connectivity index (χ4v) is 5.74. The third-order valence-electron chi connectivity index (χ3n) is 5.42. The van der Waals surface area contributed by atoms with E-state index in [1.807, 2.05) is 24.3 Å². The lowest BCUT2D eigenvalue weighted by atomic mass is 9.97. The fourth-order valence-electron chi connectivity index (χ4n) is 4.10. The van der Waals surface area contributed by atoms with Crippen molar-refractivity contribution in [3.8, 4) is 32.0 Å². The number of benzene rings is 2. The summed E-state index contributed by atoms with van der Waals surface area (Å²) in [4.78, 5) is 25.9. The molecule has 30 heavy (non-hydrogen) atoms. The van der Waals surface area contributed by atoms with Crippen LogP contribution in [0.5, 0.6) is 0 Å². The highest BCUT2D eigenvalue weighted by Gasteiger charge is 2.25. The highest BCUT2D eigenvalue weighted by Crippen LogP contribution is 2.48. The van der Waals surface area contributed by atoms with Gasteiger partial charge in [-0.2, -0.15) is 0 Å². The van der Waals surface area contributed by atoms with Gasteiger partial charge in [0.25, 0.3) is 0 Å². The van der Waals surface area contributed by atoms with Crippen LogP contribution < -0.4 is 0 Å². The van der Waals surface area contributed by atoms with Crippen molar-refractivity contribution in [2.75, 3.05) is 0 Å². The van der Waals surface area contributed by atoms with E-state index >= 15 is 0 Å². The molecule has 2 aromatic heterocycles. The monoisotopic (exact) mass is 426 g/mol. The van der Waals surface area contributed by atoms with Crippen molar-refractivity contribution >= 4 is 40.8 Å². The van der Waals surface area contributed by atoms with Gasteiger partial charge in [-0.05, 0) is 89.2 Å². The summed E-state index contributed by atoms with van der Waals surface area (Å²) in [6.45, 7) is 4.30. The van der Waals surface area contributed by atoms with E-state index in [1.54, 1.807) is 0 Å². The zero-order valence-corrected chi connectivity index (χ0v) is 18.2. The van der Waals surface area contributed by atoms with E-state index in [2.05, 4.69) is 50.2 Å². The minimum atomic E-state index is 0.742. The van der Waals surface area contributed by atoms with Crippen LogP contribution in [0.1, 0.15) is 44.3 Å². The normalized spacial score (nSPS) is 11.9. The second-order valence-electron chi connectivity index (χ2n) is 7.54. The van der Waals surface area contributed by atoms with E-state index in [0.29, 0.717) is 0 Å². The molecule has 0 unspecified atom stereocenters. The molecule has 0 fully saturated rings. The van der Waals surface area contributed by atoms with Gasteiger partial charge >= 0.3 is 0 Å². The fraction of sp³-hybridized carbons (Fsp3) is 0.0769. The molecule has 146 valence electrons. The summed E-state index contributed by atoms with van der Waals surface area (Å²) >= 11 is 3.04. The van der Waals surface area contributed by atoms with Crippen LogP contribution in [0.2, 0.25) is 0 Å². The summed E-state index contributed by atoms with van der Waals surface area (Å²) in [6, 6.07) is 20.9. The molecule has 0 atom stereocenters. The molecule has 4 aromatic rings. The Morgan fingerprint density at radius 3 is 1.47 bits per heavy atom. The maximum Gasteiger partial charge on any atom is 0.160 e. The third-order valence-corrected chi connectivity index (χ3v) is 7.54. The van der Waals surface area contributed by atoms with E-state index < -0.39 is 0 Å². The first-order valence-electron chi connectivity index (χ1n) is 9.66. The van der Waals surface area contributed by atoms with Crippen molar-refractivity contribution in [1.29, 1.82) is 0 Å². The Balaban J connectivity index is 1.65. The van der Waals surface area contributed by atoms with Gasteiger partial charge in [0.2, 0.25) is 0 Å². The summed E-state index contributed by atoms with van der Waals surface area (Å²) in [5.41, 5.74) is 9.75. The lowest BCUT2D eigenvalue weighted by molar-refractivity contribution is 0.111. The summed E-state index contributed by atoms with van der Waals surface area (Å²) in [7, 11) is 0. The molecule has 1 aliphatic carbocycles. The van der Waals surface area contributed by atoms with Crippen molar-refractivity contribution in [2.24, 2.45) is 0 Å². The molecule has 0 aliphatic heterocycles. The molecule has 0 N–H and O–H groups in total. The smallest absolute Gasteiger partial charge is 0.160 e. The molecule has 2 aromatic carbocycles. The second-order valence-corrected chi connectivity index (χ2v) is 9.77. The van der Waals surface area contributed by atoms with Gasteiger partial charge in [0.05, 0.1) is 9.75 Å². The number of carbonyl (C=O) groups excluding carboxylic acids is 2. The Hall–Kier alpha value is -3.08. The van der Waals surface area contributed by atoms with E-state index in [4.69, 9.17) is 0 Å². The van der Waals surface area contributed by atoms with Crippen LogP contribution in [0.25, 0.3) is 37.6 Å². The van der Waals surface area contributed by atoms with E-state index in [1.165, 1.54) is 56.1 Å². The molecule has 0 spiro atoms. The third kappa shape index (κ3) is 3.00. The number of hydrogen-bond acceptors (Lipinski definition) is 4. The zero-order valence-electron chi connectivity index (χ0n) is 16.6. The Labute approximate surface area is 183 Å². The summed E-state index contributed by atoms with van der Waals surface area (Å²) in [5, 5.41) is 0. The molecule has 0 saturated heterocycles. The molecule has 0 amide bonds. The SMILES string of the molecule is CC(C)=C1c2cc(-c3ccc(C=O)s3)ccc2-c2ccc(-c3ccc(C=O)s3)cc21. The van der Waals surface area contributed by atoms with E-state index in [9.17, 15) is 9.59 Å².